The van der Waals surface area contributed by atoms with Crippen LogP contribution in [0.15, 0.2) is 54.6 Å². The van der Waals surface area contributed by atoms with Gasteiger partial charge in [0, 0.05) is 19.5 Å². The van der Waals surface area contributed by atoms with Crippen LogP contribution in [0.3, 0.4) is 0 Å². The minimum Gasteiger partial charge on any atom is -0.497 e. The Morgan fingerprint density at radius 2 is 1.71 bits per heavy atom. The van der Waals surface area contributed by atoms with Gasteiger partial charge in [-0.25, -0.2) is 4.39 Å². The molecule has 1 aliphatic heterocycles. The van der Waals surface area contributed by atoms with Crippen molar-refractivity contribution in [2.24, 2.45) is 0 Å². The molecule has 41 heavy (non-hydrogen) atoms. The number of anilines is 1. The van der Waals surface area contributed by atoms with E-state index in [1.54, 1.807) is 32.1 Å². The molecule has 0 N–H and O–H groups in total. The molecule has 1 amide bonds. The summed E-state index contributed by atoms with van der Waals surface area (Å²) in [5.74, 6) is 1.53. The number of nitrogens with zero attached hydrogens (tertiary/aromatic N) is 2. The van der Waals surface area contributed by atoms with Crippen molar-refractivity contribution >= 4 is 11.6 Å². The van der Waals surface area contributed by atoms with Crippen LogP contribution < -0.4 is 19.1 Å². The molecule has 1 aliphatic carbocycles. The van der Waals surface area contributed by atoms with E-state index in [4.69, 9.17) is 14.2 Å². The van der Waals surface area contributed by atoms with Gasteiger partial charge >= 0.3 is 0 Å². The fourth-order valence-corrected chi connectivity index (χ4v) is 6.13. The first kappa shape index (κ1) is 28.9. The Balaban J connectivity index is 1.34. The molecule has 6 nitrogen and oxygen atoms in total. The van der Waals surface area contributed by atoms with E-state index in [9.17, 15) is 4.79 Å². The van der Waals surface area contributed by atoms with Crippen molar-refractivity contribution < 1.29 is 23.4 Å². The molecule has 0 bridgehead atoms. The Bertz CT molecular complexity index is 1350. The maximum atomic E-state index is 15.1. The van der Waals surface area contributed by atoms with Crippen LogP contribution in [0.5, 0.6) is 17.2 Å². The highest BCUT2D eigenvalue weighted by molar-refractivity contribution is 5.92. The molecule has 1 heterocycles. The fraction of sp³-hybridized carbons (Fsp3) is 0.441. The van der Waals surface area contributed by atoms with E-state index in [0.29, 0.717) is 17.9 Å². The van der Waals surface area contributed by atoms with Gasteiger partial charge in [-0.05, 0) is 104 Å². The van der Waals surface area contributed by atoms with Crippen LogP contribution in [0.25, 0.3) is 0 Å². The van der Waals surface area contributed by atoms with Crippen LogP contribution in [-0.4, -0.2) is 51.3 Å². The number of rotatable bonds is 10. The van der Waals surface area contributed by atoms with Gasteiger partial charge in [-0.3, -0.25) is 9.69 Å². The zero-order valence-electron chi connectivity index (χ0n) is 24.5. The molecule has 1 unspecified atom stereocenters. The molecule has 0 spiro atoms. The zero-order chi connectivity index (χ0) is 28.8. The molecular formula is C34H41FN2O4. The molecule has 1 atom stereocenters. The monoisotopic (exact) mass is 560 g/mol. The van der Waals surface area contributed by atoms with Crippen LogP contribution in [0.4, 0.5) is 10.1 Å². The van der Waals surface area contributed by atoms with Gasteiger partial charge in [0.1, 0.15) is 18.1 Å². The van der Waals surface area contributed by atoms with E-state index in [2.05, 4.69) is 23.1 Å². The molecule has 1 saturated heterocycles. The zero-order valence-corrected chi connectivity index (χ0v) is 24.5. The lowest BCUT2D eigenvalue weighted by atomic mass is 9.79. The molecule has 0 saturated carbocycles. The molecule has 2 aliphatic rings. The van der Waals surface area contributed by atoms with Crippen molar-refractivity contribution in [2.75, 3.05) is 45.4 Å². The number of fused-ring (bicyclic) bond motifs is 1. The van der Waals surface area contributed by atoms with E-state index in [0.717, 1.165) is 55.9 Å². The first-order chi connectivity index (χ1) is 19.9. The van der Waals surface area contributed by atoms with Crippen LogP contribution >= 0.6 is 0 Å². The largest absolute Gasteiger partial charge is 0.497 e. The van der Waals surface area contributed by atoms with Gasteiger partial charge in [-0.15, -0.1) is 0 Å². The number of carbonyl (C=O) groups is 1. The summed E-state index contributed by atoms with van der Waals surface area (Å²) in [5, 5.41) is 0. The topological polar surface area (TPSA) is 51.2 Å². The summed E-state index contributed by atoms with van der Waals surface area (Å²) in [7, 11) is 3.32. The second-order valence-corrected chi connectivity index (χ2v) is 11.1. The molecule has 0 aromatic heterocycles. The highest BCUT2D eigenvalue weighted by Gasteiger charge is 2.26. The SMILES string of the molecule is COc1ccc2c(c1)CCC(c1ccc(OC)cc1N(Cc1ccc(OCCN3CCCCC3)c(F)c1)C(C)=O)C2. The number of ether oxygens (including phenoxy) is 3. The average molecular weight is 561 g/mol. The molecule has 5 rings (SSSR count). The third-order valence-corrected chi connectivity index (χ3v) is 8.44. The summed E-state index contributed by atoms with van der Waals surface area (Å²) < 4.78 is 31.8. The lowest BCUT2D eigenvalue weighted by Crippen LogP contribution is -2.33. The second kappa shape index (κ2) is 13.4. The van der Waals surface area contributed by atoms with E-state index < -0.39 is 5.82 Å². The van der Waals surface area contributed by atoms with Crippen molar-refractivity contribution in [3.63, 3.8) is 0 Å². The lowest BCUT2D eigenvalue weighted by Gasteiger charge is -2.31. The normalized spacial score (nSPS) is 17.0. The third kappa shape index (κ3) is 7.02. The Labute approximate surface area is 243 Å². The summed E-state index contributed by atoms with van der Waals surface area (Å²) >= 11 is 0. The maximum Gasteiger partial charge on any atom is 0.224 e. The van der Waals surface area contributed by atoms with Gasteiger partial charge in [0.15, 0.2) is 11.6 Å². The molecule has 3 aromatic rings. The Morgan fingerprint density at radius 3 is 2.44 bits per heavy atom. The maximum absolute atomic E-state index is 15.1. The van der Waals surface area contributed by atoms with Crippen molar-refractivity contribution in [3.8, 4) is 17.2 Å². The number of piperidine rings is 1. The first-order valence-corrected chi connectivity index (χ1v) is 14.7. The Morgan fingerprint density at radius 1 is 0.951 bits per heavy atom. The highest BCUT2D eigenvalue weighted by atomic mass is 19.1. The minimum atomic E-state index is -0.408. The number of aryl methyl sites for hydroxylation is 1. The molecule has 1 fully saturated rings. The lowest BCUT2D eigenvalue weighted by molar-refractivity contribution is -0.116. The number of amides is 1. The summed E-state index contributed by atoms with van der Waals surface area (Å²) in [6.45, 7) is 5.23. The number of benzene rings is 3. The van der Waals surface area contributed by atoms with E-state index in [1.165, 1.54) is 36.5 Å². The predicted octanol–water partition coefficient (Wildman–Crippen LogP) is 6.53. The van der Waals surface area contributed by atoms with Crippen LogP contribution in [0, 0.1) is 5.82 Å². The molecular weight excluding hydrogens is 519 g/mol. The Hall–Kier alpha value is -3.58. The van der Waals surface area contributed by atoms with E-state index >= 15 is 4.39 Å². The van der Waals surface area contributed by atoms with Gasteiger partial charge < -0.3 is 19.1 Å². The number of carbonyl (C=O) groups excluding carboxylic acids is 1. The molecule has 0 radical (unpaired) electrons. The van der Waals surface area contributed by atoms with Gasteiger partial charge in [-0.1, -0.05) is 24.6 Å². The van der Waals surface area contributed by atoms with Gasteiger partial charge in [0.2, 0.25) is 5.91 Å². The van der Waals surface area contributed by atoms with Gasteiger partial charge in [0.05, 0.1) is 26.5 Å². The van der Waals surface area contributed by atoms with Crippen molar-refractivity contribution in [1.29, 1.82) is 0 Å². The molecule has 3 aromatic carbocycles. The first-order valence-electron chi connectivity index (χ1n) is 14.7. The summed E-state index contributed by atoms with van der Waals surface area (Å²) in [6.07, 6.45) is 6.49. The standard InChI is InChI=1S/C34H41FN2O4/c1-24(38)37(23-25-7-14-34(32(35)19-25)41-18-17-36-15-5-4-6-16-36)33-22-30(40-3)12-13-31(33)28-9-8-27-21-29(39-2)11-10-26(27)20-28/h7,10-14,19,21-22,28H,4-6,8-9,15-18,20,23H2,1-3H3. The Kier molecular flexibility index (Phi) is 9.45. The van der Waals surface area contributed by atoms with Gasteiger partial charge in [0.25, 0.3) is 0 Å². The van der Waals surface area contributed by atoms with E-state index in [-0.39, 0.29) is 24.1 Å². The number of hydrogen-bond donors (Lipinski definition) is 0. The smallest absolute Gasteiger partial charge is 0.224 e. The van der Waals surface area contributed by atoms with Crippen molar-refractivity contribution in [2.45, 2.75) is 57.9 Å². The molecule has 218 valence electrons. The second-order valence-electron chi connectivity index (χ2n) is 11.1. The van der Waals surface area contributed by atoms with Gasteiger partial charge in [-0.2, -0.15) is 0 Å². The third-order valence-electron chi connectivity index (χ3n) is 8.44. The molecule has 7 heteroatoms. The highest BCUT2D eigenvalue weighted by Crippen LogP contribution is 2.40. The number of halogens is 1. The van der Waals surface area contributed by atoms with Crippen LogP contribution in [0.2, 0.25) is 0 Å². The van der Waals surface area contributed by atoms with Crippen molar-refractivity contribution in [3.05, 3.63) is 82.7 Å². The van der Waals surface area contributed by atoms with E-state index in [1.807, 2.05) is 24.3 Å². The van der Waals surface area contributed by atoms with Crippen LogP contribution in [0.1, 0.15) is 60.8 Å². The average Bonchev–Trinajstić information content (AvgIpc) is 3.00. The summed E-state index contributed by atoms with van der Waals surface area (Å²) in [5.41, 5.74) is 5.22. The number of methoxy groups -OCH3 is 2. The number of likely N-dealkylation sites (tertiary alicyclic amines) is 1. The quantitative estimate of drug-likeness (QED) is 0.282. The summed E-state index contributed by atoms with van der Waals surface area (Å²) in [6, 6.07) is 17.2. The minimum absolute atomic E-state index is 0.109. The number of hydrogen-bond acceptors (Lipinski definition) is 5. The van der Waals surface area contributed by atoms with Crippen molar-refractivity contribution in [1.82, 2.24) is 4.90 Å². The fourth-order valence-electron chi connectivity index (χ4n) is 6.13. The van der Waals surface area contributed by atoms with Crippen LogP contribution in [-0.2, 0) is 24.2 Å². The summed E-state index contributed by atoms with van der Waals surface area (Å²) in [4.78, 5) is 17.1. The predicted molar refractivity (Wildman–Crippen MR) is 160 cm³/mol.